The summed E-state index contributed by atoms with van der Waals surface area (Å²) in [7, 11) is 1.67. The Labute approximate surface area is 138 Å². The van der Waals surface area contributed by atoms with E-state index in [0.29, 0.717) is 13.0 Å². The van der Waals surface area contributed by atoms with Gasteiger partial charge in [0.05, 0.1) is 20.1 Å². The van der Waals surface area contributed by atoms with E-state index in [0.717, 1.165) is 18.6 Å². The van der Waals surface area contributed by atoms with E-state index < -0.39 is 0 Å². The van der Waals surface area contributed by atoms with Crippen molar-refractivity contribution in [1.29, 1.82) is 0 Å². The Morgan fingerprint density at radius 1 is 1.04 bits per heavy atom. The summed E-state index contributed by atoms with van der Waals surface area (Å²) < 4.78 is 10.3. The van der Waals surface area contributed by atoms with Gasteiger partial charge in [-0.2, -0.15) is 0 Å². The second kappa shape index (κ2) is 8.99. The molecule has 0 amide bonds. The maximum absolute atomic E-state index is 11.9. The van der Waals surface area contributed by atoms with Crippen molar-refractivity contribution >= 4 is 5.97 Å². The van der Waals surface area contributed by atoms with Gasteiger partial charge in [-0.3, -0.25) is 4.79 Å². The van der Waals surface area contributed by atoms with Gasteiger partial charge in [0.15, 0.2) is 0 Å². The smallest absolute Gasteiger partial charge is 0.306 e. The molecule has 2 aromatic carbocycles. The van der Waals surface area contributed by atoms with Gasteiger partial charge < -0.3 is 9.47 Å². The molecule has 0 aliphatic rings. The number of carbonyl (C=O) groups excluding carboxylic acids is 1. The number of ether oxygens (including phenoxy) is 2. The molecule has 0 aromatic heterocycles. The summed E-state index contributed by atoms with van der Waals surface area (Å²) in [5.74, 6) is 0.910. The first-order chi connectivity index (χ1) is 11.2. The molecular weight excluding hydrogens is 288 g/mol. The Balaban J connectivity index is 2.03. The second-order valence-corrected chi connectivity index (χ2v) is 5.50. The molecule has 1 unspecified atom stereocenters. The van der Waals surface area contributed by atoms with Gasteiger partial charge in [-0.1, -0.05) is 42.5 Å². The normalized spacial score (nSPS) is 11.7. The van der Waals surface area contributed by atoms with Crippen molar-refractivity contribution in [2.75, 3.05) is 13.7 Å². The molecule has 0 spiro atoms. The standard InChI is InChI=1S/C20H24O3/c1-3-23-20(21)15-18(17-7-5-4-6-8-17)12-9-16-10-13-19(22-2)14-11-16/h4-8,10-11,13-14,18H,3,9,12,15H2,1-2H3. The summed E-state index contributed by atoms with van der Waals surface area (Å²) in [6.45, 7) is 2.27. The third-order valence-corrected chi connectivity index (χ3v) is 3.93. The molecule has 0 aliphatic carbocycles. The number of aryl methyl sites for hydroxylation is 1. The first kappa shape index (κ1) is 17.1. The summed E-state index contributed by atoms with van der Waals surface area (Å²) in [6.07, 6.45) is 2.26. The SMILES string of the molecule is CCOC(=O)CC(CCc1ccc(OC)cc1)c1ccccc1. The third kappa shape index (κ3) is 5.44. The van der Waals surface area contributed by atoms with E-state index in [1.54, 1.807) is 7.11 Å². The van der Waals surface area contributed by atoms with Crippen LogP contribution < -0.4 is 4.74 Å². The minimum absolute atomic E-state index is 0.129. The largest absolute Gasteiger partial charge is 0.497 e. The number of esters is 1. The monoisotopic (exact) mass is 312 g/mol. The second-order valence-electron chi connectivity index (χ2n) is 5.50. The average molecular weight is 312 g/mol. The molecule has 122 valence electrons. The quantitative estimate of drug-likeness (QED) is 0.679. The fourth-order valence-corrected chi connectivity index (χ4v) is 2.67. The van der Waals surface area contributed by atoms with Crippen molar-refractivity contribution in [3.63, 3.8) is 0 Å². The Bertz CT molecular complexity index is 590. The van der Waals surface area contributed by atoms with Gasteiger partial charge in [0, 0.05) is 0 Å². The summed E-state index contributed by atoms with van der Waals surface area (Å²) in [5, 5.41) is 0. The van der Waals surface area contributed by atoms with Crippen LogP contribution in [0.5, 0.6) is 5.75 Å². The van der Waals surface area contributed by atoms with E-state index in [-0.39, 0.29) is 11.9 Å². The van der Waals surface area contributed by atoms with Crippen LogP contribution in [0.4, 0.5) is 0 Å². The van der Waals surface area contributed by atoms with Crippen LogP contribution >= 0.6 is 0 Å². The van der Waals surface area contributed by atoms with Gasteiger partial charge in [-0.05, 0) is 48.9 Å². The molecule has 0 radical (unpaired) electrons. The molecule has 2 rings (SSSR count). The van der Waals surface area contributed by atoms with E-state index in [1.807, 2.05) is 37.3 Å². The van der Waals surface area contributed by atoms with Gasteiger partial charge in [-0.25, -0.2) is 0 Å². The zero-order chi connectivity index (χ0) is 16.5. The summed E-state index contributed by atoms with van der Waals surface area (Å²) in [6, 6.07) is 18.3. The highest BCUT2D eigenvalue weighted by Gasteiger charge is 2.16. The molecule has 2 aromatic rings. The Morgan fingerprint density at radius 3 is 2.35 bits per heavy atom. The predicted molar refractivity (Wildman–Crippen MR) is 91.7 cm³/mol. The van der Waals surface area contributed by atoms with Gasteiger partial charge in [0.2, 0.25) is 0 Å². The Kier molecular flexibility index (Phi) is 6.67. The van der Waals surface area contributed by atoms with Crippen molar-refractivity contribution in [1.82, 2.24) is 0 Å². The lowest BCUT2D eigenvalue weighted by Gasteiger charge is -2.17. The number of benzene rings is 2. The van der Waals surface area contributed by atoms with Gasteiger partial charge >= 0.3 is 5.97 Å². The number of hydrogen-bond acceptors (Lipinski definition) is 3. The summed E-state index contributed by atoms with van der Waals surface area (Å²) in [4.78, 5) is 11.9. The molecule has 1 atom stereocenters. The molecule has 0 heterocycles. The van der Waals surface area contributed by atoms with Crippen LogP contribution in [-0.4, -0.2) is 19.7 Å². The lowest BCUT2D eigenvalue weighted by molar-refractivity contribution is -0.143. The fraction of sp³-hybridized carbons (Fsp3) is 0.350. The Morgan fingerprint density at radius 2 is 1.74 bits per heavy atom. The molecule has 0 saturated heterocycles. The lowest BCUT2D eigenvalue weighted by atomic mass is 9.89. The van der Waals surface area contributed by atoms with Crippen LogP contribution in [0, 0.1) is 0 Å². The van der Waals surface area contributed by atoms with Crippen LogP contribution in [-0.2, 0) is 16.0 Å². The van der Waals surface area contributed by atoms with E-state index >= 15 is 0 Å². The molecule has 3 heteroatoms. The maximum Gasteiger partial charge on any atom is 0.306 e. The number of carbonyl (C=O) groups is 1. The van der Waals surface area contributed by atoms with E-state index in [9.17, 15) is 4.79 Å². The van der Waals surface area contributed by atoms with Crippen molar-refractivity contribution in [3.8, 4) is 5.75 Å². The molecular formula is C20H24O3. The van der Waals surface area contributed by atoms with E-state index in [2.05, 4.69) is 24.3 Å². The van der Waals surface area contributed by atoms with Gasteiger partial charge in [-0.15, -0.1) is 0 Å². The molecule has 0 saturated carbocycles. The molecule has 0 aliphatic heterocycles. The molecule has 0 bridgehead atoms. The first-order valence-corrected chi connectivity index (χ1v) is 8.06. The van der Waals surface area contributed by atoms with E-state index in [4.69, 9.17) is 9.47 Å². The Hall–Kier alpha value is -2.29. The minimum atomic E-state index is -0.129. The van der Waals surface area contributed by atoms with Crippen LogP contribution in [0.3, 0.4) is 0 Å². The number of rotatable bonds is 8. The summed E-state index contributed by atoms with van der Waals surface area (Å²) >= 11 is 0. The number of methoxy groups -OCH3 is 1. The lowest BCUT2D eigenvalue weighted by Crippen LogP contribution is -2.11. The highest BCUT2D eigenvalue weighted by Crippen LogP contribution is 2.26. The minimum Gasteiger partial charge on any atom is -0.497 e. The highest BCUT2D eigenvalue weighted by molar-refractivity contribution is 5.70. The van der Waals surface area contributed by atoms with Crippen LogP contribution in [0.1, 0.15) is 36.8 Å². The zero-order valence-corrected chi connectivity index (χ0v) is 13.8. The van der Waals surface area contributed by atoms with Crippen LogP contribution in [0.15, 0.2) is 54.6 Å². The highest BCUT2D eigenvalue weighted by atomic mass is 16.5. The number of hydrogen-bond donors (Lipinski definition) is 0. The van der Waals surface area contributed by atoms with Gasteiger partial charge in [0.25, 0.3) is 0 Å². The van der Waals surface area contributed by atoms with Crippen LogP contribution in [0.2, 0.25) is 0 Å². The van der Waals surface area contributed by atoms with Crippen LogP contribution in [0.25, 0.3) is 0 Å². The van der Waals surface area contributed by atoms with Crippen molar-refractivity contribution in [2.24, 2.45) is 0 Å². The molecule has 3 nitrogen and oxygen atoms in total. The van der Waals surface area contributed by atoms with Crippen molar-refractivity contribution in [2.45, 2.75) is 32.1 Å². The fourth-order valence-electron chi connectivity index (χ4n) is 2.67. The molecule has 23 heavy (non-hydrogen) atoms. The van der Waals surface area contributed by atoms with Crippen molar-refractivity contribution in [3.05, 3.63) is 65.7 Å². The third-order valence-electron chi connectivity index (χ3n) is 3.93. The topological polar surface area (TPSA) is 35.5 Å². The maximum atomic E-state index is 11.9. The van der Waals surface area contributed by atoms with Crippen molar-refractivity contribution < 1.29 is 14.3 Å². The average Bonchev–Trinajstić information content (AvgIpc) is 2.60. The zero-order valence-electron chi connectivity index (χ0n) is 13.8. The first-order valence-electron chi connectivity index (χ1n) is 8.06. The molecule has 0 fully saturated rings. The summed E-state index contributed by atoms with van der Waals surface area (Å²) in [5.41, 5.74) is 2.43. The molecule has 0 N–H and O–H groups in total. The van der Waals surface area contributed by atoms with Gasteiger partial charge in [0.1, 0.15) is 5.75 Å². The van der Waals surface area contributed by atoms with E-state index in [1.165, 1.54) is 11.1 Å². The predicted octanol–water partition coefficient (Wildman–Crippen LogP) is 4.36.